The zero-order chi connectivity index (χ0) is 14.3. The molecule has 1 rings (SSSR count). The molecule has 0 bridgehead atoms. The normalized spacial score (nSPS) is 12.5. The SMILES string of the molecule is CCCCN(c1ccc(CNC)c(Cl)c1)C(C)CC. The summed E-state index contributed by atoms with van der Waals surface area (Å²) in [6, 6.07) is 6.99. The number of nitrogens with one attached hydrogen (secondary N) is 1. The van der Waals surface area contributed by atoms with Crippen molar-refractivity contribution in [3.63, 3.8) is 0 Å². The number of benzene rings is 1. The average molecular weight is 283 g/mol. The van der Waals surface area contributed by atoms with E-state index in [2.05, 4.69) is 49.2 Å². The molecule has 1 aromatic rings. The van der Waals surface area contributed by atoms with Crippen molar-refractivity contribution >= 4 is 17.3 Å². The largest absolute Gasteiger partial charge is 0.369 e. The Hall–Kier alpha value is -0.730. The Labute approximate surface area is 123 Å². The first-order valence-electron chi connectivity index (χ1n) is 7.33. The first-order valence-corrected chi connectivity index (χ1v) is 7.71. The molecule has 1 atom stereocenters. The third-order valence-electron chi connectivity index (χ3n) is 3.61. The summed E-state index contributed by atoms with van der Waals surface area (Å²) in [5, 5.41) is 4.00. The molecule has 0 aromatic heterocycles. The maximum Gasteiger partial charge on any atom is 0.0471 e. The van der Waals surface area contributed by atoms with Crippen molar-refractivity contribution in [3.05, 3.63) is 28.8 Å². The van der Waals surface area contributed by atoms with Crippen LogP contribution in [-0.2, 0) is 6.54 Å². The highest BCUT2D eigenvalue weighted by atomic mass is 35.5. The van der Waals surface area contributed by atoms with Crippen molar-refractivity contribution in [1.82, 2.24) is 5.32 Å². The maximum atomic E-state index is 6.37. The van der Waals surface area contributed by atoms with E-state index >= 15 is 0 Å². The highest BCUT2D eigenvalue weighted by Gasteiger charge is 2.13. The van der Waals surface area contributed by atoms with Crippen molar-refractivity contribution in [3.8, 4) is 0 Å². The Bertz CT molecular complexity index is 379. The Morgan fingerprint density at radius 3 is 2.58 bits per heavy atom. The van der Waals surface area contributed by atoms with Crippen LogP contribution in [0.25, 0.3) is 0 Å². The monoisotopic (exact) mass is 282 g/mol. The van der Waals surface area contributed by atoms with E-state index < -0.39 is 0 Å². The van der Waals surface area contributed by atoms with Crippen molar-refractivity contribution < 1.29 is 0 Å². The Morgan fingerprint density at radius 2 is 2.05 bits per heavy atom. The second kappa shape index (κ2) is 8.44. The van der Waals surface area contributed by atoms with E-state index in [1.54, 1.807) is 0 Å². The summed E-state index contributed by atoms with van der Waals surface area (Å²) in [5.74, 6) is 0. The minimum absolute atomic E-state index is 0.553. The molecule has 0 aliphatic carbocycles. The van der Waals surface area contributed by atoms with Crippen LogP contribution in [0.4, 0.5) is 5.69 Å². The molecule has 3 heteroatoms. The number of hydrogen-bond acceptors (Lipinski definition) is 2. The van der Waals surface area contributed by atoms with Crippen LogP contribution in [0.1, 0.15) is 45.6 Å². The highest BCUT2D eigenvalue weighted by molar-refractivity contribution is 6.31. The first-order chi connectivity index (χ1) is 9.13. The van der Waals surface area contributed by atoms with Gasteiger partial charge < -0.3 is 10.2 Å². The Balaban J connectivity index is 2.92. The fourth-order valence-corrected chi connectivity index (χ4v) is 2.44. The van der Waals surface area contributed by atoms with E-state index in [-0.39, 0.29) is 0 Å². The maximum absolute atomic E-state index is 6.37. The lowest BCUT2D eigenvalue weighted by Crippen LogP contribution is -2.33. The van der Waals surface area contributed by atoms with E-state index in [0.29, 0.717) is 6.04 Å². The summed E-state index contributed by atoms with van der Waals surface area (Å²) in [7, 11) is 1.94. The van der Waals surface area contributed by atoms with Gasteiger partial charge in [0.05, 0.1) is 0 Å². The summed E-state index contributed by atoms with van der Waals surface area (Å²) in [6.45, 7) is 8.67. The summed E-state index contributed by atoms with van der Waals surface area (Å²) in [6.07, 6.45) is 3.60. The molecule has 0 aliphatic heterocycles. The molecular weight excluding hydrogens is 256 g/mol. The lowest BCUT2D eigenvalue weighted by Gasteiger charge is -2.31. The van der Waals surface area contributed by atoms with Gasteiger partial charge in [0.2, 0.25) is 0 Å². The highest BCUT2D eigenvalue weighted by Crippen LogP contribution is 2.26. The van der Waals surface area contributed by atoms with Gasteiger partial charge in [-0.05, 0) is 44.5 Å². The van der Waals surface area contributed by atoms with Gasteiger partial charge in [0.1, 0.15) is 0 Å². The van der Waals surface area contributed by atoms with E-state index in [4.69, 9.17) is 11.6 Å². The topological polar surface area (TPSA) is 15.3 Å². The zero-order valence-corrected chi connectivity index (χ0v) is 13.4. The molecule has 0 spiro atoms. The van der Waals surface area contributed by atoms with Gasteiger partial charge >= 0.3 is 0 Å². The molecule has 0 heterocycles. The van der Waals surface area contributed by atoms with E-state index in [0.717, 1.165) is 30.1 Å². The Morgan fingerprint density at radius 1 is 1.32 bits per heavy atom. The van der Waals surface area contributed by atoms with Crippen LogP contribution in [0.3, 0.4) is 0 Å². The molecule has 0 aliphatic rings. The van der Waals surface area contributed by atoms with Crippen molar-refractivity contribution in [2.75, 3.05) is 18.5 Å². The third kappa shape index (κ3) is 4.70. The molecule has 19 heavy (non-hydrogen) atoms. The number of unbranched alkanes of at least 4 members (excludes halogenated alkanes) is 1. The molecule has 0 amide bonds. The molecule has 1 aromatic carbocycles. The number of rotatable bonds is 8. The predicted molar refractivity (Wildman–Crippen MR) is 86.2 cm³/mol. The van der Waals surface area contributed by atoms with Crippen molar-refractivity contribution in [2.24, 2.45) is 0 Å². The van der Waals surface area contributed by atoms with Gasteiger partial charge in [-0.1, -0.05) is 37.9 Å². The van der Waals surface area contributed by atoms with Crippen LogP contribution >= 0.6 is 11.6 Å². The second-order valence-electron chi connectivity index (χ2n) is 5.11. The molecule has 108 valence electrons. The molecule has 0 saturated heterocycles. The molecule has 0 fully saturated rings. The Kier molecular flexibility index (Phi) is 7.25. The standard InChI is InChI=1S/C16H27ClN2/c1-5-7-10-19(13(3)6-2)15-9-8-14(12-18-4)16(17)11-15/h8-9,11,13,18H,5-7,10,12H2,1-4H3. The predicted octanol–water partition coefficient (Wildman–Crippen LogP) is 4.46. The number of anilines is 1. The molecular formula is C16H27ClN2. The molecule has 1 unspecified atom stereocenters. The van der Waals surface area contributed by atoms with Crippen molar-refractivity contribution in [1.29, 1.82) is 0 Å². The number of hydrogen-bond donors (Lipinski definition) is 1. The van der Waals surface area contributed by atoms with Gasteiger partial charge in [-0.15, -0.1) is 0 Å². The third-order valence-corrected chi connectivity index (χ3v) is 3.96. The zero-order valence-electron chi connectivity index (χ0n) is 12.7. The lowest BCUT2D eigenvalue weighted by molar-refractivity contribution is 0.595. The smallest absolute Gasteiger partial charge is 0.0471 e. The summed E-state index contributed by atoms with van der Waals surface area (Å²) in [5.41, 5.74) is 2.40. The van der Waals surface area contributed by atoms with Crippen LogP contribution in [-0.4, -0.2) is 19.6 Å². The fourth-order valence-electron chi connectivity index (χ4n) is 2.20. The number of nitrogens with zero attached hydrogens (tertiary/aromatic N) is 1. The minimum atomic E-state index is 0.553. The minimum Gasteiger partial charge on any atom is -0.369 e. The second-order valence-corrected chi connectivity index (χ2v) is 5.52. The van der Waals surface area contributed by atoms with Crippen LogP contribution in [0.15, 0.2) is 18.2 Å². The lowest BCUT2D eigenvalue weighted by atomic mass is 10.1. The number of halogens is 1. The average Bonchev–Trinajstić information content (AvgIpc) is 2.41. The summed E-state index contributed by atoms with van der Waals surface area (Å²) < 4.78 is 0. The van der Waals surface area contributed by atoms with Crippen LogP contribution < -0.4 is 10.2 Å². The van der Waals surface area contributed by atoms with E-state index in [9.17, 15) is 0 Å². The van der Waals surface area contributed by atoms with Gasteiger partial charge in [-0.3, -0.25) is 0 Å². The molecule has 0 saturated carbocycles. The van der Waals surface area contributed by atoms with Gasteiger partial charge in [0.15, 0.2) is 0 Å². The van der Waals surface area contributed by atoms with Gasteiger partial charge in [-0.2, -0.15) is 0 Å². The van der Waals surface area contributed by atoms with Crippen molar-refractivity contribution in [2.45, 2.75) is 52.6 Å². The summed E-state index contributed by atoms with van der Waals surface area (Å²) >= 11 is 6.37. The fraction of sp³-hybridized carbons (Fsp3) is 0.625. The van der Waals surface area contributed by atoms with Gasteiger partial charge in [0, 0.05) is 29.8 Å². The van der Waals surface area contributed by atoms with E-state index in [1.165, 1.54) is 18.5 Å². The first kappa shape index (κ1) is 16.3. The van der Waals surface area contributed by atoms with Gasteiger partial charge in [0.25, 0.3) is 0 Å². The van der Waals surface area contributed by atoms with Crippen LogP contribution in [0.2, 0.25) is 5.02 Å². The van der Waals surface area contributed by atoms with Crippen LogP contribution in [0, 0.1) is 0 Å². The van der Waals surface area contributed by atoms with Crippen LogP contribution in [0.5, 0.6) is 0 Å². The summed E-state index contributed by atoms with van der Waals surface area (Å²) in [4.78, 5) is 2.47. The van der Waals surface area contributed by atoms with Gasteiger partial charge in [-0.25, -0.2) is 0 Å². The molecule has 2 nitrogen and oxygen atoms in total. The van der Waals surface area contributed by atoms with E-state index in [1.807, 2.05) is 7.05 Å². The quantitative estimate of drug-likeness (QED) is 0.757. The molecule has 1 N–H and O–H groups in total. The molecule has 0 radical (unpaired) electrons.